The van der Waals surface area contributed by atoms with E-state index < -0.39 is 0 Å². The number of morpholine rings is 1. The molecular formula is C20H27N3O3. The van der Waals surface area contributed by atoms with Gasteiger partial charge in [-0.15, -0.1) is 0 Å². The maximum atomic E-state index is 13.2. The molecule has 0 amide bonds. The number of hydrogen-bond donors (Lipinski definition) is 1. The number of benzene rings is 1. The molecule has 0 atom stereocenters. The van der Waals surface area contributed by atoms with Crippen molar-refractivity contribution in [3.63, 3.8) is 0 Å². The van der Waals surface area contributed by atoms with Crippen molar-refractivity contribution in [3.8, 4) is 5.75 Å². The highest BCUT2D eigenvalue weighted by Gasteiger charge is 2.23. The lowest BCUT2D eigenvalue weighted by Crippen LogP contribution is -2.40. The summed E-state index contributed by atoms with van der Waals surface area (Å²) in [6.07, 6.45) is 5.77. The zero-order valence-corrected chi connectivity index (χ0v) is 15.2. The first-order valence-electron chi connectivity index (χ1n) is 9.76. The third kappa shape index (κ3) is 3.48. The van der Waals surface area contributed by atoms with Gasteiger partial charge in [-0.05, 0) is 25.0 Å². The van der Waals surface area contributed by atoms with Crippen LogP contribution in [0.4, 0.5) is 0 Å². The summed E-state index contributed by atoms with van der Waals surface area (Å²) in [5.74, 6) is 1.26. The molecule has 140 valence electrons. The summed E-state index contributed by atoms with van der Waals surface area (Å²) in [4.78, 5) is 20.3. The number of aromatic nitrogens is 2. The average Bonchev–Trinajstić information content (AvgIpc) is 2.69. The Labute approximate surface area is 153 Å². The van der Waals surface area contributed by atoms with Crippen molar-refractivity contribution in [2.45, 2.75) is 44.6 Å². The van der Waals surface area contributed by atoms with Crippen LogP contribution in [-0.2, 0) is 11.3 Å². The first-order chi connectivity index (χ1) is 12.7. The highest BCUT2D eigenvalue weighted by atomic mass is 16.5. The molecule has 0 spiro atoms. The number of phenols is 1. The van der Waals surface area contributed by atoms with Crippen LogP contribution in [0.5, 0.6) is 5.75 Å². The molecule has 1 aromatic heterocycles. The topological polar surface area (TPSA) is 67.6 Å². The largest absolute Gasteiger partial charge is 0.506 e. The second-order valence-corrected chi connectivity index (χ2v) is 7.39. The van der Waals surface area contributed by atoms with E-state index in [9.17, 15) is 9.90 Å². The van der Waals surface area contributed by atoms with Crippen molar-refractivity contribution in [2.75, 3.05) is 32.8 Å². The molecule has 2 fully saturated rings. The summed E-state index contributed by atoms with van der Waals surface area (Å²) in [5, 5.41) is 10.7. The minimum Gasteiger partial charge on any atom is -0.506 e. The molecule has 1 N–H and O–H groups in total. The molecule has 2 aromatic rings. The fourth-order valence-electron chi connectivity index (χ4n) is 4.20. The number of ether oxygens (including phenoxy) is 1. The van der Waals surface area contributed by atoms with Gasteiger partial charge in [-0.1, -0.05) is 25.3 Å². The van der Waals surface area contributed by atoms with Gasteiger partial charge in [-0.2, -0.15) is 0 Å². The van der Waals surface area contributed by atoms with E-state index in [1.807, 2.05) is 4.57 Å². The van der Waals surface area contributed by atoms with Crippen molar-refractivity contribution in [3.05, 3.63) is 34.4 Å². The van der Waals surface area contributed by atoms with E-state index in [-0.39, 0.29) is 11.3 Å². The van der Waals surface area contributed by atoms with Gasteiger partial charge in [0.2, 0.25) is 0 Å². The van der Waals surface area contributed by atoms with E-state index in [2.05, 4.69) is 4.90 Å². The van der Waals surface area contributed by atoms with Gasteiger partial charge in [0.05, 0.1) is 18.6 Å². The lowest BCUT2D eigenvalue weighted by Gasteiger charge is -2.28. The van der Waals surface area contributed by atoms with Crippen LogP contribution in [0, 0.1) is 0 Å². The SMILES string of the molecule is O=c1c2cccc(O)c2nc(C2CCCCC2)n1CCN1CCOCC1. The maximum absolute atomic E-state index is 13.2. The van der Waals surface area contributed by atoms with Crippen LogP contribution >= 0.6 is 0 Å². The van der Waals surface area contributed by atoms with Crippen molar-refractivity contribution in [1.29, 1.82) is 0 Å². The van der Waals surface area contributed by atoms with Crippen LogP contribution in [0.2, 0.25) is 0 Å². The molecule has 1 saturated carbocycles. The van der Waals surface area contributed by atoms with Gasteiger partial charge in [-0.25, -0.2) is 4.98 Å². The minimum atomic E-state index is -0.0280. The van der Waals surface area contributed by atoms with Gasteiger partial charge in [0.15, 0.2) is 0 Å². The molecule has 0 unspecified atom stereocenters. The molecule has 1 aliphatic heterocycles. The van der Waals surface area contributed by atoms with Crippen LogP contribution < -0.4 is 5.56 Å². The molecule has 2 aliphatic rings. The number of fused-ring (bicyclic) bond motifs is 1. The Morgan fingerprint density at radius 1 is 1.12 bits per heavy atom. The molecule has 0 radical (unpaired) electrons. The van der Waals surface area contributed by atoms with E-state index in [0.29, 0.717) is 23.4 Å². The van der Waals surface area contributed by atoms with Crippen LogP contribution in [0.3, 0.4) is 0 Å². The monoisotopic (exact) mass is 357 g/mol. The van der Waals surface area contributed by atoms with Crippen molar-refractivity contribution >= 4 is 10.9 Å². The molecular weight excluding hydrogens is 330 g/mol. The Bertz CT molecular complexity index is 821. The number of hydrogen-bond acceptors (Lipinski definition) is 5. The predicted octanol–water partition coefficient (Wildman–Crippen LogP) is 2.48. The lowest BCUT2D eigenvalue weighted by atomic mass is 9.88. The van der Waals surface area contributed by atoms with E-state index in [0.717, 1.165) is 51.5 Å². The minimum absolute atomic E-state index is 0.0280. The third-order valence-corrected chi connectivity index (χ3v) is 5.71. The van der Waals surface area contributed by atoms with Gasteiger partial charge in [0.1, 0.15) is 17.1 Å². The highest BCUT2D eigenvalue weighted by molar-refractivity contribution is 5.83. The van der Waals surface area contributed by atoms with Crippen LogP contribution in [0.1, 0.15) is 43.8 Å². The van der Waals surface area contributed by atoms with Crippen molar-refractivity contribution in [2.24, 2.45) is 0 Å². The molecule has 1 aromatic carbocycles. The van der Waals surface area contributed by atoms with Crippen LogP contribution in [-0.4, -0.2) is 52.4 Å². The molecule has 4 rings (SSSR count). The second-order valence-electron chi connectivity index (χ2n) is 7.39. The van der Waals surface area contributed by atoms with E-state index >= 15 is 0 Å². The Hall–Kier alpha value is -1.92. The van der Waals surface area contributed by atoms with Crippen LogP contribution in [0.15, 0.2) is 23.0 Å². The first-order valence-corrected chi connectivity index (χ1v) is 9.76. The third-order valence-electron chi connectivity index (χ3n) is 5.71. The number of phenolic OH excluding ortho intramolecular Hbond substituents is 1. The smallest absolute Gasteiger partial charge is 0.261 e. The Kier molecular flexibility index (Phi) is 5.22. The quantitative estimate of drug-likeness (QED) is 0.910. The summed E-state index contributed by atoms with van der Waals surface area (Å²) in [7, 11) is 0. The molecule has 26 heavy (non-hydrogen) atoms. The van der Waals surface area contributed by atoms with Gasteiger partial charge in [0, 0.05) is 32.1 Å². The zero-order chi connectivity index (χ0) is 17.9. The van der Waals surface area contributed by atoms with Gasteiger partial charge < -0.3 is 9.84 Å². The zero-order valence-electron chi connectivity index (χ0n) is 15.2. The standard InChI is InChI=1S/C20H27N3O3/c24-17-8-4-7-16-18(17)21-19(15-5-2-1-3-6-15)23(20(16)25)10-9-22-11-13-26-14-12-22/h4,7-8,15,24H,1-3,5-6,9-14H2. The Morgan fingerprint density at radius 2 is 1.88 bits per heavy atom. The summed E-state index contributed by atoms with van der Waals surface area (Å²) < 4.78 is 7.28. The van der Waals surface area contributed by atoms with E-state index in [1.165, 1.54) is 19.3 Å². The average molecular weight is 357 g/mol. The predicted molar refractivity (Wildman–Crippen MR) is 101 cm³/mol. The van der Waals surface area contributed by atoms with Gasteiger partial charge in [0.25, 0.3) is 5.56 Å². The van der Waals surface area contributed by atoms with E-state index in [4.69, 9.17) is 9.72 Å². The molecule has 2 heterocycles. The normalized spacial score (nSPS) is 19.8. The van der Waals surface area contributed by atoms with E-state index in [1.54, 1.807) is 18.2 Å². The first kappa shape index (κ1) is 17.5. The van der Waals surface area contributed by atoms with Gasteiger partial charge >= 0.3 is 0 Å². The number of para-hydroxylation sites is 1. The Balaban J connectivity index is 1.72. The molecule has 6 heteroatoms. The van der Waals surface area contributed by atoms with Crippen LogP contribution in [0.25, 0.3) is 10.9 Å². The number of rotatable bonds is 4. The summed E-state index contributed by atoms with van der Waals surface area (Å²) in [5.41, 5.74) is 0.417. The summed E-state index contributed by atoms with van der Waals surface area (Å²) in [6, 6.07) is 5.09. The lowest BCUT2D eigenvalue weighted by molar-refractivity contribution is 0.0361. The second kappa shape index (κ2) is 7.76. The fraction of sp³-hybridized carbons (Fsp3) is 0.600. The number of aromatic hydroxyl groups is 1. The summed E-state index contributed by atoms with van der Waals surface area (Å²) >= 11 is 0. The molecule has 1 saturated heterocycles. The fourth-order valence-corrected chi connectivity index (χ4v) is 4.20. The van der Waals surface area contributed by atoms with Gasteiger partial charge in [-0.3, -0.25) is 14.3 Å². The molecule has 1 aliphatic carbocycles. The Morgan fingerprint density at radius 3 is 2.65 bits per heavy atom. The molecule has 6 nitrogen and oxygen atoms in total. The highest BCUT2D eigenvalue weighted by Crippen LogP contribution is 2.32. The number of nitrogens with zero attached hydrogens (tertiary/aromatic N) is 3. The van der Waals surface area contributed by atoms with Crippen molar-refractivity contribution in [1.82, 2.24) is 14.5 Å². The molecule has 0 bridgehead atoms. The summed E-state index contributed by atoms with van der Waals surface area (Å²) in [6.45, 7) is 4.81. The van der Waals surface area contributed by atoms with Crippen molar-refractivity contribution < 1.29 is 9.84 Å². The maximum Gasteiger partial charge on any atom is 0.261 e.